The van der Waals surface area contributed by atoms with Crippen molar-refractivity contribution in [3.8, 4) is 0 Å². The Kier molecular flexibility index (Phi) is 4.96. The van der Waals surface area contributed by atoms with Crippen molar-refractivity contribution < 1.29 is 0 Å². The van der Waals surface area contributed by atoms with Crippen LogP contribution in [0, 0.1) is 0 Å². The summed E-state index contributed by atoms with van der Waals surface area (Å²) in [6.07, 6.45) is 3.03. The number of thiol groups is 1. The van der Waals surface area contributed by atoms with Gasteiger partial charge in [-0.25, -0.2) is 0 Å². The number of fused-ring (bicyclic) bond motifs is 2. The third-order valence-corrected chi connectivity index (χ3v) is 5.32. The van der Waals surface area contributed by atoms with Gasteiger partial charge < -0.3 is 9.88 Å². The first-order valence-electron chi connectivity index (χ1n) is 8.71. The molecular weight excluding hydrogens is 356 g/mol. The average Bonchev–Trinajstić information content (AvgIpc) is 3.08. The van der Waals surface area contributed by atoms with Crippen LogP contribution in [0.4, 0.5) is 0 Å². The lowest BCUT2D eigenvalue weighted by atomic mass is 10.1. The molecule has 0 saturated heterocycles. The predicted octanol–water partition coefficient (Wildman–Crippen LogP) is 5.58. The summed E-state index contributed by atoms with van der Waals surface area (Å²) < 4.78 is 0.637. The van der Waals surface area contributed by atoms with Gasteiger partial charge in [0.1, 0.15) is 4.32 Å². The average molecular weight is 377 g/mol. The molecule has 130 valence electrons. The molecule has 0 unspecified atom stereocenters. The zero-order valence-electron chi connectivity index (χ0n) is 14.4. The van der Waals surface area contributed by atoms with Gasteiger partial charge in [0, 0.05) is 30.2 Å². The van der Waals surface area contributed by atoms with E-state index < -0.39 is 0 Å². The number of nitrogens with one attached hydrogen (secondary N) is 1. The first-order chi connectivity index (χ1) is 12.7. The largest absolute Gasteiger partial charge is 0.361 e. The molecule has 0 aliphatic carbocycles. The second kappa shape index (κ2) is 7.52. The SMILES string of the molecule is S=C(S)N(CCc1c[nH]c2ccccc12)Cc1ccc2ccccc2c1. The first-order valence-corrected chi connectivity index (χ1v) is 9.57. The number of aromatic amines is 1. The standard InChI is InChI=1S/C22H20N2S2/c25-22(26)24(12-11-19-14-23-21-8-4-3-7-20(19)21)15-16-9-10-17-5-1-2-6-18(17)13-16/h1-10,13-14,23H,11-12,15H2,(H,25,26). The minimum atomic E-state index is 0.637. The molecule has 1 heterocycles. The Morgan fingerprint density at radius 2 is 1.73 bits per heavy atom. The minimum absolute atomic E-state index is 0.637. The molecular formula is C22H20N2S2. The molecule has 0 radical (unpaired) electrons. The number of aromatic nitrogens is 1. The van der Waals surface area contributed by atoms with Crippen molar-refractivity contribution in [3.05, 3.63) is 84.1 Å². The van der Waals surface area contributed by atoms with Crippen molar-refractivity contribution in [2.24, 2.45) is 0 Å². The summed E-state index contributed by atoms with van der Waals surface area (Å²) in [7, 11) is 0. The highest BCUT2D eigenvalue weighted by Gasteiger charge is 2.10. The quantitative estimate of drug-likeness (QED) is 0.350. The molecule has 0 aliphatic rings. The van der Waals surface area contributed by atoms with Crippen LogP contribution in [0.15, 0.2) is 72.9 Å². The van der Waals surface area contributed by atoms with Crippen molar-refractivity contribution in [1.82, 2.24) is 9.88 Å². The number of rotatable bonds is 5. The molecule has 1 aromatic heterocycles. The van der Waals surface area contributed by atoms with Gasteiger partial charge in [0.05, 0.1) is 0 Å². The monoisotopic (exact) mass is 376 g/mol. The fourth-order valence-corrected chi connectivity index (χ4v) is 3.72. The van der Waals surface area contributed by atoms with E-state index in [1.165, 1.54) is 32.8 Å². The summed E-state index contributed by atoms with van der Waals surface area (Å²) in [5.41, 5.74) is 3.74. The van der Waals surface area contributed by atoms with Gasteiger partial charge >= 0.3 is 0 Å². The van der Waals surface area contributed by atoms with Gasteiger partial charge in [-0.05, 0) is 40.5 Å². The highest BCUT2D eigenvalue weighted by Crippen LogP contribution is 2.20. The number of nitrogens with zero attached hydrogens (tertiary/aromatic N) is 1. The third-order valence-electron chi connectivity index (χ3n) is 4.78. The first kappa shape index (κ1) is 17.1. The molecule has 2 nitrogen and oxygen atoms in total. The Balaban J connectivity index is 1.51. The molecule has 0 bridgehead atoms. The van der Waals surface area contributed by atoms with E-state index in [-0.39, 0.29) is 0 Å². The topological polar surface area (TPSA) is 19.0 Å². The van der Waals surface area contributed by atoms with Gasteiger partial charge in [-0.2, -0.15) is 0 Å². The van der Waals surface area contributed by atoms with Crippen LogP contribution in [0.1, 0.15) is 11.1 Å². The van der Waals surface area contributed by atoms with E-state index in [0.717, 1.165) is 19.5 Å². The van der Waals surface area contributed by atoms with Crippen molar-refractivity contribution >= 4 is 50.8 Å². The molecule has 3 aromatic carbocycles. The van der Waals surface area contributed by atoms with Gasteiger partial charge in [0.15, 0.2) is 0 Å². The zero-order chi connectivity index (χ0) is 17.9. The minimum Gasteiger partial charge on any atom is -0.361 e. The number of hydrogen-bond donors (Lipinski definition) is 2. The molecule has 0 fully saturated rings. The van der Waals surface area contributed by atoms with Crippen LogP contribution in [-0.2, 0) is 13.0 Å². The highest BCUT2D eigenvalue weighted by atomic mass is 32.1. The van der Waals surface area contributed by atoms with Crippen LogP contribution in [0.25, 0.3) is 21.7 Å². The van der Waals surface area contributed by atoms with E-state index in [1.54, 1.807) is 0 Å². The van der Waals surface area contributed by atoms with Crippen molar-refractivity contribution in [1.29, 1.82) is 0 Å². The lowest BCUT2D eigenvalue weighted by Crippen LogP contribution is -2.27. The van der Waals surface area contributed by atoms with Crippen molar-refractivity contribution in [2.45, 2.75) is 13.0 Å². The van der Waals surface area contributed by atoms with E-state index in [1.807, 2.05) is 0 Å². The number of hydrogen-bond acceptors (Lipinski definition) is 1. The molecule has 0 amide bonds. The highest BCUT2D eigenvalue weighted by molar-refractivity contribution is 8.10. The molecule has 4 rings (SSSR count). The van der Waals surface area contributed by atoms with Crippen LogP contribution in [-0.4, -0.2) is 20.7 Å². The van der Waals surface area contributed by atoms with Gasteiger partial charge in [-0.3, -0.25) is 0 Å². The Labute approximate surface area is 164 Å². The summed E-state index contributed by atoms with van der Waals surface area (Å²) in [5.74, 6) is 0. The number of thiocarbonyl (C=S) groups is 1. The molecule has 0 atom stereocenters. The van der Waals surface area contributed by atoms with Crippen LogP contribution >= 0.6 is 24.8 Å². The summed E-state index contributed by atoms with van der Waals surface area (Å²) in [6, 6.07) is 23.4. The Morgan fingerprint density at radius 1 is 0.962 bits per heavy atom. The fraction of sp³-hybridized carbons (Fsp3) is 0.136. The summed E-state index contributed by atoms with van der Waals surface area (Å²) >= 11 is 9.84. The molecule has 4 heteroatoms. The third kappa shape index (κ3) is 3.62. The summed E-state index contributed by atoms with van der Waals surface area (Å²) in [6.45, 7) is 1.62. The Morgan fingerprint density at radius 3 is 2.58 bits per heavy atom. The molecule has 4 aromatic rings. The lowest BCUT2D eigenvalue weighted by molar-refractivity contribution is 0.432. The number of para-hydroxylation sites is 1. The summed E-state index contributed by atoms with van der Waals surface area (Å²) in [5, 5.41) is 3.80. The number of H-pyrrole nitrogens is 1. The molecule has 0 aliphatic heterocycles. The smallest absolute Gasteiger partial charge is 0.133 e. The second-order valence-corrected chi connectivity index (χ2v) is 7.61. The van der Waals surface area contributed by atoms with Crippen LogP contribution in [0.5, 0.6) is 0 Å². The maximum Gasteiger partial charge on any atom is 0.133 e. The van der Waals surface area contributed by atoms with Crippen LogP contribution < -0.4 is 0 Å². The lowest BCUT2D eigenvalue weighted by Gasteiger charge is -2.23. The normalized spacial score (nSPS) is 11.1. The van der Waals surface area contributed by atoms with E-state index in [2.05, 4.69) is 95.4 Å². The van der Waals surface area contributed by atoms with Crippen molar-refractivity contribution in [2.75, 3.05) is 6.54 Å². The second-order valence-electron chi connectivity index (χ2n) is 6.50. The molecule has 0 spiro atoms. The van der Waals surface area contributed by atoms with Gasteiger partial charge in [-0.15, -0.1) is 12.6 Å². The van der Waals surface area contributed by atoms with Crippen LogP contribution in [0.2, 0.25) is 0 Å². The Bertz CT molecular complexity index is 1070. The van der Waals surface area contributed by atoms with E-state index in [4.69, 9.17) is 12.2 Å². The maximum atomic E-state index is 5.38. The van der Waals surface area contributed by atoms with Crippen molar-refractivity contribution in [3.63, 3.8) is 0 Å². The van der Waals surface area contributed by atoms with E-state index in [9.17, 15) is 0 Å². The molecule has 26 heavy (non-hydrogen) atoms. The molecule has 0 saturated carbocycles. The predicted molar refractivity (Wildman–Crippen MR) is 118 cm³/mol. The van der Waals surface area contributed by atoms with Gasteiger partial charge in [0.25, 0.3) is 0 Å². The summed E-state index contributed by atoms with van der Waals surface area (Å²) in [4.78, 5) is 5.50. The van der Waals surface area contributed by atoms with E-state index >= 15 is 0 Å². The molecule has 1 N–H and O–H groups in total. The maximum absolute atomic E-state index is 5.38. The zero-order valence-corrected chi connectivity index (χ0v) is 16.1. The number of benzene rings is 3. The fourth-order valence-electron chi connectivity index (χ4n) is 3.39. The van der Waals surface area contributed by atoms with Gasteiger partial charge in [0.2, 0.25) is 0 Å². The van der Waals surface area contributed by atoms with E-state index in [0.29, 0.717) is 4.32 Å². The Hall–Kier alpha value is -2.30. The van der Waals surface area contributed by atoms with Gasteiger partial charge in [-0.1, -0.05) is 66.8 Å². The van der Waals surface area contributed by atoms with Crippen LogP contribution in [0.3, 0.4) is 0 Å².